The minimum atomic E-state index is 0.370. The van der Waals surface area contributed by atoms with E-state index in [9.17, 15) is 0 Å². The summed E-state index contributed by atoms with van der Waals surface area (Å²) >= 11 is 0. The normalized spacial score (nSPS) is 15.9. The summed E-state index contributed by atoms with van der Waals surface area (Å²) in [5.74, 6) is 2.02. The van der Waals surface area contributed by atoms with Gasteiger partial charge in [0.15, 0.2) is 0 Å². The van der Waals surface area contributed by atoms with E-state index in [1.165, 1.54) is 19.3 Å². The van der Waals surface area contributed by atoms with Crippen LogP contribution in [0.4, 0.5) is 11.9 Å². The van der Waals surface area contributed by atoms with Gasteiger partial charge in [0.25, 0.3) is 0 Å². The summed E-state index contributed by atoms with van der Waals surface area (Å²) in [6.07, 6.45) is 3.89. The van der Waals surface area contributed by atoms with Crippen molar-refractivity contribution < 1.29 is 4.74 Å². The second kappa shape index (κ2) is 6.54. The maximum atomic E-state index is 5.37. The average molecular weight is 265 g/mol. The first-order chi connectivity index (χ1) is 9.21. The number of rotatable bonds is 8. The largest absolute Gasteiger partial charge is 0.464 e. The fourth-order valence-corrected chi connectivity index (χ4v) is 1.98. The summed E-state index contributed by atoms with van der Waals surface area (Å²) in [6, 6.07) is 0.744. The number of aromatic nitrogens is 3. The van der Waals surface area contributed by atoms with Crippen LogP contribution in [0.15, 0.2) is 0 Å². The Labute approximate surface area is 114 Å². The molecule has 6 heteroatoms. The summed E-state index contributed by atoms with van der Waals surface area (Å²) in [4.78, 5) is 12.8. The zero-order chi connectivity index (χ0) is 13.7. The van der Waals surface area contributed by atoms with Crippen molar-refractivity contribution in [3.63, 3.8) is 0 Å². The predicted octanol–water partition coefficient (Wildman–Crippen LogP) is 2.30. The number of ether oxygens (including phenoxy) is 1. The van der Waals surface area contributed by atoms with Crippen LogP contribution < -0.4 is 15.4 Å². The van der Waals surface area contributed by atoms with Gasteiger partial charge in [-0.25, -0.2) is 0 Å². The van der Waals surface area contributed by atoms with Crippen LogP contribution in [0.2, 0.25) is 0 Å². The van der Waals surface area contributed by atoms with E-state index in [2.05, 4.69) is 32.5 Å². The van der Waals surface area contributed by atoms with E-state index in [0.717, 1.165) is 12.5 Å². The van der Waals surface area contributed by atoms with Gasteiger partial charge in [0.05, 0.1) is 6.61 Å². The van der Waals surface area contributed by atoms with Crippen LogP contribution >= 0.6 is 0 Å². The van der Waals surface area contributed by atoms with Gasteiger partial charge in [0.2, 0.25) is 11.9 Å². The third-order valence-corrected chi connectivity index (χ3v) is 2.98. The topological polar surface area (TPSA) is 72.0 Å². The number of hydrogen-bond donors (Lipinski definition) is 2. The van der Waals surface area contributed by atoms with Crippen molar-refractivity contribution in [1.29, 1.82) is 0 Å². The molecule has 0 aliphatic heterocycles. The molecule has 6 nitrogen and oxygen atoms in total. The van der Waals surface area contributed by atoms with Gasteiger partial charge >= 0.3 is 6.01 Å². The van der Waals surface area contributed by atoms with Crippen molar-refractivity contribution in [2.24, 2.45) is 5.92 Å². The molecule has 1 atom stereocenters. The van der Waals surface area contributed by atoms with Crippen molar-refractivity contribution in [2.45, 2.75) is 46.1 Å². The SMILES string of the molecule is CCNc1nc(NC(C)CC2CC2)nc(OCC)n1. The maximum Gasteiger partial charge on any atom is 0.323 e. The molecule has 2 N–H and O–H groups in total. The third kappa shape index (κ3) is 4.54. The summed E-state index contributed by atoms with van der Waals surface area (Å²) in [7, 11) is 0. The highest BCUT2D eigenvalue weighted by Gasteiger charge is 2.24. The Balaban J connectivity index is 2.03. The lowest BCUT2D eigenvalue weighted by Gasteiger charge is -2.14. The van der Waals surface area contributed by atoms with Gasteiger partial charge in [-0.3, -0.25) is 0 Å². The highest BCUT2D eigenvalue weighted by atomic mass is 16.5. The lowest BCUT2D eigenvalue weighted by atomic mass is 10.2. The molecule has 0 bridgehead atoms. The Morgan fingerprint density at radius 3 is 2.58 bits per heavy atom. The first kappa shape index (κ1) is 13.8. The van der Waals surface area contributed by atoms with Crippen LogP contribution in [0.5, 0.6) is 6.01 Å². The molecule has 0 amide bonds. The molecule has 1 saturated carbocycles. The summed E-state index contributed by atoms with van der Waals surface area (Å²) in [6.45, 7) is 7.40. The van der Waals surface area contributed by atoms with Crippen LogP contribution in [0.1, 0.15) is 40.0 Å². The molecule has 2 rings (SSSR count). The first-order valence-electron chi connectivity index (χ1n) is 7.10. The van der Waals surface area contributed by atoms with Gasteiger partial charge in [-0.2, -0.15) is 15.0 Å². The molecular weight excluding hydrogens is 242 g/mol. The lowest BCUT2D eigenvalue weighted by molar-refractivity contribution is 0.312. The van der Waals surface area contributed by atoms with E-state index in [0.29, 0.717) is 30.6 Å². The van der Waals surface area contributed by atoms with Crippen molar-refractivity contribution in [3.8, 4) is 6.01 Å². The van der Waals surface area contributed by atoms with Crippen molar-refractivity contribution in [3.05, 3.63) is 0 Å². The fourth-order valence-electron chi connectivity index (χ4n) is 1.98. The standard InChI is InChI=1S/C13H23N5O/c1-4-14-11-16-12(18-13(17-11)19-5-2)15-9(3)8-10-6-7-10/h9-10H,4-8H2,1-3H3,(H2,14,15,16,17,18). The Hall–Kier alpha value is -1.59. The van der Waals surface area contributed by atoms with Gasteiger partial charge < -0.3 is 15.4 Å². The highest BCUT2D eigenvalue weighted by Crippen LogP contribution is 2.33. The zero-order valence-electron chi connectivity index (χ0n) is 11.9. The minimum absolute atomic E-state index is 0.370. The second-order valence-corrected chi connectivity index (χ2v) is 4.95. The average Bonchev–Trinajstić information content (AvgIpc) is 3.13. The molecule has 1 unspecified atom stereocenters. The van der Waals surface area contributed by atoms with Crippen LogP contribution in [0.3, 0.4) is 0 Å². The predicted molar refractivity (Wildman–Crippen MR) is 75.6 cm³/mol. The minimum Gasteiger partial charge on any atom is -0.464 e. The van der Waals surface area contributed by atoms with E-state index in [4.69, 9.17) is 4.74 Å². The Kier molecular flexibility index (Phi) is 4.76. The number of hydrogen-bond acceptors (Lipinski definition) is 6. The smallest absolute Gasteiger partial charge is 0.323 e. The molecule has 1 aliphatic rings. The summed E-state index contributed by atoms with van der Waals surface area (Å²) in [5, 5.41) is 6.42. The van der Waals surface area contributed by atoms with E-state index in [1.807, 2.05) is 13.8 Å². The highest BCUT2D eigenvalue weighted by molar-refractivity contribution is 5.36. The number of nitrogens with zero attached hydrogens (tertiary/aromatic N) is 3. The van der Waals surface area contributed by atoms with Gasteiger partial charge in [-0.05, 0) is 33.1 Å². The Bertz CT molecular complexity index is 384. The molecule has 19 heavy (non-hydrogen) atoms. The Morgan fingerprint density at radius 1 is 1.21 bits per heavy atom. The van der Waals surface area contributed by atoms with Crippen LogP contribution in [0.25, 0.3) is 0 Å². The molecule has 1 heterocycles. The molecule has 0 radical (unpaired) electrons. The monoisotopic (exact) mass is 265 g/mol. The molecule has 0 saturated heterocycles. The molecule has 1 aromatic rings. The first-order valence-corrected chi connectivity index (χ1v) is 7.10. The molecule has 1 aromatic heterocycles. The van der Waals surface area contributed by atoms with Crippen molar-refractivity contribution >= 4 is 11.9 Å². The van der Waals surface area contributed by atoms with Gasteiger partial charge in [-0.15, -0.1) is 0 Å². The molecule has 0 aromatic carbocycles. The van der Waals surface area contributed by atoms with E-state index in [1.54, 1.807) is 0 Å². The number of nitrogens with one attached hydrogen (secondary N) is 2. The maximum absolute atomic E-state index is 5.37. The summed E-state index contributed by atoms with van der Waals surface area (Å²) in [5.41, 5.74) is 0. The van der Waals surface area contributed by atoms with E-state index in [-0.39, 0.29) is 0 Å². The van der Waals surface area contributed by atoms with Crippen molar-refractivity contribution in [2.75, 3.05) is 23.8 Å². The zero-order valence-corrected chi connectivity index (χ0v) is 11.9. The van der Waals surface area contributed by atoms with Gasteiger partial charge in [-0.1, -0.05) is 12.8 Å². The molecule has 0 spiro atoms. The van der Waals surface area contributed by atoms with Crippen molar-refractivity contribution in [1.82, 2.24) is 15.0 Å². The molecule has 1 fully saturated rings. The van der Waals surface area contributed by atoms with Crippen LogP contribution in [-0.2, 0) is 0 Å². The van der Waals surface area contributed by atoms with Gasteiger partial charge in [0.1, 0.15) is 0 Å². The quantitative estimate of drug-likeness (QED) is 0.751. The third-order valence-electron chi connectivity index (χ3n) is 2.98. The fraction of sp³-hybridized carbons (Fsp3) is 0.769. The van der Waals surface area contributed by atoms with Gasteiger partial charge in [0, 0.05) is 12.6 Å². The van der Waals surface area contributed by atoms with Crippen LogP contribution in [-0.4, -0.2) is 34.1 Å². The summed E-state index contributed by atoms with van der Waals surface area (Å²) < 4.78 is 5.37. The van der Waals surface area contributed by atoms with E-state index < -0.39 is 0 Å². The number of anilines is 2. The lowest BCUT2D eigenvalue weighted by Crippen LogP contribution is -2.19. The Morgan fingerprint density at radius 2 is 1.95 bits per heavy atom. The molecule has 106 valence electrons. The van der Waals surface area contributed by atoms with E-state index >= 15 is 0 Å². The molecule has 1 aliphatic carbocycles. The second-order valence-electron chi connectivity index (χ2n) is 4.95. The van der Waals surface area contributed by atoms with Crippen LogP contribution in [0, 0.1) is 5.92 Å². The molecular formula is C13H23N5O.